The molecule has 1 aromatic carbocycles. The molecule has 36 heavy (non-hydrogen) atoms. The maximum Gasteiger partial charge on any atom is 0.410 e. The van der Waals surface area contributed by atoms with Gasteiger partial charge in [0.2, 0.25) is 17.7 Å². The highest BCUT2D eigenvalue weighted by atomic mass is 16.6. The molecule has 2 fully saturated rings. The summed E-state index contributed by atoms with van der Waals surface area (Å²) in [5.41, 5.74) is 1.20. The van der Waals surface area contributed by atoms with Gasteiger partial charge in [-0.1, -0.05) is 6.07 Å². The molecule has 3 heterocycles. The SMILES string of the molecule is CC(C)(C)OC(=O)N1CCC(CCC(=O)Nc2cccc3c2CN(C2CCC(=O)NC2=O)C3=O)CC1. The number of carbonyl (C=O) groups excluding carboxylic acids is 5. The molecule has 1 aromatic rings. The minimum Gasteiger partial charge on any atom is -0.444 e. The molecule has 2 N–H and O–H groups in total. The number of anilines is 1. The van der Waals surface area contributed by atoms with E-state index in [1.165, 1.54) is 4.90 Å². The Bertz CT molecular complexity index is 1070. The van der Waals surface area contributed by atoms with Crippen LogP contribution in [0.25, 0.3) is 0 Å². The van der Waals surface area contributed by atoms with Crippen LogP contribution in [0.15, 0.2) is 18.2 Å². The van der Waals surface area contributed by atoms with E-state index in [1.807, 2.05) is 20.8 Å². The molecule has 3 aliphatic heterocycles. The first-order valence-corrected chi connectivity index (χ1v) is 12.6. The summed E-state index contributed by atoms with van der Waals surface area (Å²) in [7, 11) is 0. The molecular formula is C26H34N4O6. The van der Waals surface area contributed by atoms with Gasteiger partial charge in [0, 0.05) is 49.3 Å². The van der Waals surface area contributed by atoms with Crippen molar-refractivity contribution in [3.8, 4) is 0 Å². The van der Waals surface area contributed by atoms with Crippen LogP contribution in [-0.4, -0.2) is 64.3 Å². The number of fused-ring (bicyclic) bond motifs is 1. The monoisotopic (exact) mass is 498 g/mol. The Morgan fingerprint density at radius 2 is 1.83 bits per heavy atom. The highest BCUT2D eigenvalue weighted by molar-refractivity contribution is 6.06. The lowest BCUT2D eigenvalue weighted by atomic mass is 9.92. The summed E-state index contributed by atoms with van der Waals surface area (Å²) in [6.45, 7) is 6.99. The van der Waals surface area contributed by atoms with Gasteiger partial charge in [-0.3, -0.25) is 24.5 Å². The molecule has 194 valence electrons. The lowest BCUT2D eigenvalue weighted by molar-refractivity contribution is -0.137. The molecule has 0 radical (unpaired) electrons. The van der Waals surface area contributed by atoms with Gasteiger partial charge in [-0.05, 0) is 64.5 Å². The van der Waals surface area contributed by atoms with Crippen LogP contribution in [0.1, 0.15) is 75.2 Å². The highest BCUT2D eigenvalue weighted by Crippen LogP contribution is 2.32. The molecule has 4 rings (SSSR count). The van der Waals surface area contributed by atoms with Crippen molar-refractivity contribution in [1.29, 1.82) is 0 Å². The fraction of sp³-hybridized carbons (Fsp3) is 0.577. The van der Waals surface area contributed by atoms with Crippen LogP contribution in [0, 0.1) is 5.92 Å². The van der Waals surface area contributed by atoms with Gasteiger partial charge in [0.1, 0.15) is 11.6 Å². The minimum atomic E-state index is -0.697. The van der Waals surface area contributed by atoms with E-state index in [9.17, 15) is 24.0 Å². The molecule has 0 spiro atoms. The molecule has 0 aromatic heterocycles. The second-order valence-electron chi connectivity index (χ2n) is 10.7. The van der Waals surface area contributed by atoms with Crippen LogP contribution in [0.2, 0.25) is 0 Å². The number of nitrogens with zero attached hydrogens (tertiary/aromatic N) is 2. The number of rotatable bonds is 5. The number of nitrogens with one attached hydrogen (secondary N) is 2. The first-order chi connectivity index (χ1) is 17.0. The van der Waals surface area contributed by atoms with Crippen LogP contribution in [-0.2, 0) is 25.7 Å². The highest BCUT2D eigenvalue weighted by Gasteiger charge is 2.40. The third kappa shape index (κ3) is 5.85. The molecule has 1 atom stereocenters. The molecule has 10 nitrogen and oxygen atoms in total. The van der Waals surface area contributed by atoms with Crippen molar-refractivity contribution in [1.82, 2.24) is 15.1 Å². The number of piperidine rings is 2. The topological polar surface area (TPSA) is 125 Å². The molecule has 1 unspecified atom stereocenters. The Kier molecular flexibility index (Phi) is 7.33. The Morgan fingerprint density at radius 1 is 1.11 bits per heavy atom. The van der Waals surface area contributed by atoms with Crippen molar-refractivity contribution in [2.75, 3.05) is 18.4 Å². The predicted molar refractivity (Wildman–Crippen MR) is 131 cm³/mol. The van der Waals surface area contributed by atoms with Crippen molar-refractivity contribution in [3.63, 3.8) is 0 Å². The van der Waals surface area contributed by atoms with Gasteiger partial charge >= 0.3 is 6.09 Å². The number of ether oxygens (including phenoxy) is 1. The van der Waals surface area contributed by atoms with Crippen molar-refractivity contribution in [3.05, 3.63) is 29.3 Å². The van der Waals surface area contributed by atoms with Crippen molar-refractivity contribution < 1.29 is 28.7 Å². The van der Waals surface area contributed by atoms with Gasteiger partial charge in [0.05, 0.1) is 0 Å². The molecule has 0 bridgehead atoms. The van der Waals surface area contributed by atoms with E-state index in [1.54, 1.807) is 23.1 Å². The lowest BCUT2D eigenvalue weighted by Gasteiger charge is -2.33. The van der Waals surface area contributed by atoms with E-state index in [4.69, 9.17) is 4.74 Å². The average molecular weight is 499 g/mol. The zero-order chi connectivity index (χ0) is 26.0. The molecule has 5 amide bonds. The molecule has 3 aliphatic rings. The summed E-state index contributed by atoms with van der Waals surface area (Å²) in [4.78, 5) is 64.9. The molecule has 0 saturated carbocycles. The van der Waals surface area contributed by atoms with E-state index in [2.05, 4.69) is 10.6 Å². The summed E-state index contributed by atoms with van der Waals surface area (Å²) >= 11 is 0. The van der Waals surface area contributed by atoms with E-state index in [0.29, 0.717) is 55.1 Å². The van der Waals surface area contributed by atoms with Crippen molar-refractivity contribution >= 4 is 35.4 Å². The van der Waals surface area contributed by atoms with E-state index < -0.39 is 17.6 Å². The maximum absolute atomic E-state index is 13.0. The van der Waals surface area contributed by atoms with Gasteiger partial charge in [0.15, 0.2) is 0 Å². The third-order valence-corrected chi connectivity index (χ3v) is 6.90. The van der Waals surface area contributed by atoms with Gasteiger partial charge < -0.3 is 19.9 Å². The second-order valence-corrected chi connectivity index (χ2v) is 10.7. The lowest BCUT2D eigenvalue weighted by Crippen LogP contribution is -2.52. The fourth-order valence-electron chi connectivity index (χ4n) is 4.98. The average Bonchev–Trinajstić information content (AvgIpc) is 3.14. The predicted octanol–water partition coefficient (Wildman–Crippen LogP) is 2.81. The van der Waals surface area contributed by atoms with E-state index >= 15 is 0 Å². The van der Waals surface area contributed by atoms with Crippen LogP contribution in [0.4, 0.5) is 10.5 Å². The Morgan fingerprint density at radius 3 is 2.50 bits per heavy atom. The smallest absolute Gasteiger partial charge is 0.410 e. The molecular weight excluding hydrogens is 464 g/mol. The zero-order valence-electron chi connectivity index (χ0n) is 21.1. The fourth-order valence-corrected chi connectivity index (χ4v) is 4.98. The molecule has 10 heteroatoms. The number of hydrogen-bond acceptors (Lipinski definition) is 6. The number of benzene rings is 1. The van der Waals surface area contributed by atoms with Gasteiger partial charge in [0.25, 0.3) is 5.91 Å². The van der Waals surface area contributed by atoms with Crippen LogP contribution in [0.5, 0.6) is 0 Å². The summed E-state index contributed by atoms with van der Waals surface area (Å²) in [5.74, 6) is -0.850. The Balaban J connectivity index is 1.29. The maximum atomic E-state index is 13.0. The van der Waals surface area contributed by atoms with Crippen LogP contribution < -0.4 is 10.6 Å². The van der Waals surface area contributed by atoms with Gasteiger partial charge in [-0.2, -0.15) is 0 Å². The van der Waals surface area contributed by atoms with Gasteiger partial charge in [-0.25, -0.2) is 4.79 Å². The van der Waals surface area contributed by atoms with Crippen molar-refractivity contribution in [2.24, 2.45) is 5.92 Å². The van der Waals surface area contributed by atoms with Crippen LogP contribution >= 0.6 is 0 Å². The Hall–Kier alpha value is -3.43. The van der Waals surface area contributed by atoms with Gasteiger partial charge in [-0.15, -0.1) is 0 Å². The number of likely N-dealkylation sites (tertiary alicyclic amines) is 1. The first-order valence-electron chi connectivity index (χ1n) is 12.6. The zero-order valence-corrected chi connectivity index (χ0v) is 21.1. The molecule has 2 saturated heterocycles. The van der Waals surface area contributed by atoms with Crippen molar-refractivity contribution in [2.45, 2.75) is 77.5 Å². The summed E-state index contributed by atoms with van der Waals surface area (Å²) in [6, 6.07) is 4.47. The first kappa shape index (κ1) is 25.7. The summed E-state index contributed by atoms with van der Waals surface area (Å²) in [5, 5.41) is 5.24. The number of amides is 5. The molecule has 0 aliphatic carbocycles. The summed E-state index contributed by atoms with van der Waals surface area (Å²) < 4.78 is 5.44. The third-order valence-electron chi connectivity index (χ3n) is 6.90. The quantitative estimate of drug-likeness (QED) is 0.602. The normalized spacial score (nSPS) is 20.8. The minimum absolute atomic E-state index is 0.134. The van der Waals surface area contributed by atoms with E-state index in [-0.39, 0.29) is 36.8 Å². The largest absolute Gasteiger partial charge is 0.444 e. The standard InChI is InChI=1S/C26H34N4O6/c1-26(2,3)36-25(35)29-13-11-16(12-14-29)7-9-21(31)27-19-6-4-5-17-18(19)15-30(24(17)34)20-8-10-22(32)28-23(20)33/h4-6,16,20H,7-15H2,1-3H3,(H,27,31)(H,28,32,33). The number of carbonyl (C=O) groups is 5. The van der Waals surface area contributed by atoms with E-state index in [0.717, 1.165) is 12.8 Å². The number of hydrogen-bond donors (Lipinski definition) is 2. The van der Waals surface area contributed by atoms with Crippen LogP contribution in [0.3, 0.4) is 0 Å². The Labute approximate surface area is 210 Å². The summed E-state index contributed by atoms with van der Waals surface area (Å²) in [6.07, 6.45) is 2.88. The second kappa shape index (κ2) is 10.3. The number of imide groups is 1.